The summed E-state index contributed by atoms with van der Waals surface area (Å²) in [6, 6.07) is 9.18. The molecule has 5 aromatic rings. The highest BCUT2D eigenvalue weighted by Gasteiger charge is 2.42. The number of aromatic nitrogens is 1. The molecule has 13 amide bonds. The van der Waals surface area contributed by atoms with E-state index in [1.807, 2.05) is 18.2 Å². The lowest BCUT2D eigenvalue weighted by molar-refractivity contribution is -0.145. The molecule has 10 atom stereocenters. The van der Waals surface area contributed by atoms with Gasteiger partial charge in [0.1, 0.15) is 60.4 Å². The first kappa shape index (κ1) is 76.6. The van der Waals surface area contributed by atoms with Gasteiger partial charge in [0.2, 0.25) is 76.8 Å². The van der Waals surface area contributed by atoms with E-state index in [0.717, 1.165) is 17.7 Å². The second-order valence-corrected chi connectivity index (χ2v) is 26.2. The minimum absolute atomic E-state index is 0.0184. The number of rotatable bonds is 14. The Morgan fingerprint density at radius 2 is 1.23 bits per heavy atom. The highest BCUT2D eigenvalue weighted by atomic mass is 35.5. The summed E-state index contributed by atoms with van der Waals surface area (Å²) in [7, 11) is 0. The number of guanidine groups is 1. The number of benzene rings is 4. The van der Waals surface area contributed by atoms with Crippen molar-refractivity contribution >= 4 is 122 Å². The number of carboxylic acids is 1. The number of halogens is 1. The van der Waals surface area contributed by atoms with Crippen molar-refractivity contribution in [3.8, 4) is 0 Å². The standard InChI is InChI=1S/C69H86ClN17O15/c1-36(2)26-48-60(93)79-47(14-8-24-73-69(71)72)67(100)87-25-9-15-55(87)66(99)86-54(68(101)102)34-75-57(90)31-52-64(97)85-53(65(98)82-50(62(95)80-48)29-39-16-19-40-10-4-5-11-41(40)27-39)33-76-58(91)35-77-56(89)23-22-46(78-37(3)88)59(92)81-49(28-38-17-20-43(70)21-18-38)61(94)83-51(63(96)84-52)30-42-32-74-45-13-7-6-12-44(42)45/h4-7,10-13,16-21,27,32,36,46-55,74H,8-9,14-15,22-26,28-31,33-35H2,1-3H3,(H,75,90)(H,76,91)(H,77,89)(H,78,88)(H,79,93)(H,80,95)(H,81,92)(H,82,98)(H,83,94)(H,84,96)(H,85,97)(H,86,99)(H,101,102)(H4,71,72,73)/t46-,47-,48-,49+,50+,51+,52-,53-,54-,55-/m0/s1. The molecule has 0 saturated carbocycles. The monoisotopic (exact) mass is 1430 g/mol. The molecule has 4 heterocycles. The van der Waals surface area contributed by atoms with E-state index in [4.69, 9.17) is 22.7 Å². The van der Waals surface area contributed by atoms with Crippen molar-refractivity contribution in [3.63, 3.8) is 0 Å². The van der Waals surface area contributed by atoms with Crippen LogP contribution >= 0.6 is 11.6 Å². The minimum Gasteiger partial charge on any atom is -0.480 e. The number of nitrogens with one attached hydrogen (secondary N) is 15. The fourth-order valence-electron chi connectivity index (χ4n) is 12.2. The zero-order chi connectivity index (χ0) is 73.7. The van der Waals surface area contributed by atoms with Gasteiger partial charge >= 0.3 is 5.97 Å². The van der Waals surface area contributed by atoms with Gasteiger partial charge in [-0.3, -0.25) is 67.7 Å². The van der Waals surface area contributed by atoms with Crippen LogP contribution in [0, 0.1) is 11.3 Å². The molecule has 3 fully saturated rings. The van der Waals surface area contributed by atoms with Crippen LogP contribution in [0.5, 0.6) is 0 Å². The van der Waals surface area contributed by atoms with Crippen LogP contribution in [0.15, 0.2) is 97.2 Å². The average molecular weight is 1430 g/mol. The number of fused-ring (bicyclic) bond motifs is 6. The molecule has 4 aromatic carbocycles. The van der Waals surface area contributed by atoms with Crippen molar-refractivity contribution in [3.05, 3.63) is 119 Å². The molecule has 102 heavy (non-hydrogen) atoms. The van der Waals surface area contributed by atoms with Gasteiger partial charge in [0.05, 0.1) is 13.0 Å². The molecule has 0 radical (unpaired) electrons. The van der Waals surface area contributed by atoms with E-state index < -0.39 is 176 Å². The minimum atomic E-state index is -2.10. The Hall–Kier alpha value is -11.2. The number of aromatic amines is 1. The molecule has 33 heteroatoms. The van der Waals surface area contributed by atoms with E-state index in [1.165, 1.54) is 17.0 Å². The number of H-pyrrole nitrogens is 1. The topological polar surface area (TPSA) is 484 Å². The van der Waals surface area contributed by atoms with Crippen LogP contribution < -0.4 is 74.9 Å². The molecule has 2 bridgehead atoms. The van der Waals surface area contributed by atoms with Crippen LogP contribution in [-0.4, -0.2) is 197 Å². The van der Waals surface area contributed by atoms with Crippen LogP contribution in [0.2, 0.25) is 5.02 Å². The maximum Gasteiger partial charge on any atom is 0.328 e. The Kier molecular flexibility index (Phi) is 27.2. The predicted molar refractivity (Wildman–Crippen MR) is 372 cm³/mol. The lowest BCUT2D eigenvalue weighted by atomic mass is 9.98. The van der Waals surface area contributed by atoms with Crippen LogP contribution in [0.4, 0.5) is 0 Å². The SMILES string of the molecule is CC(=O)N[C@H]1CCC(=O)NCC(=O)NC[C@@H]2NC(=O)[C@H](CC(=O)NC[C@@H](C(=O)O)NC(=O)[C@@H]3CCCN3C(=O)[C@H](CCCNC(=N)N)NC(=O)[C@H](CC(C)C)NC(=O)[C@@H](Cc3ccc4ccccc4c3)NC2=O)NC(=O)[C@@H](Cc2c[nH]c3ccccc23)NC(=O)[C@@H](Cc2ccc(Cl)cc2)NC1=O. The van der Waals surface area contributed by atoms with Crippen LogP contribution in [-0.2, 0) is 86.4 Å². The third-order valence-electron chi connectivity index (χ3n) is 17.5. The quantitative estimate of drug-likeness (QED) is 0.0335. The number of aliphatic carboxylic acids is 1. The largest absolute Gasteiger partial charge is 0.480 e. The fraction of sp³-hybridized carbons (Fsp3) is 0.435. The van der Waals surface area contributed by atoms with Crippen LogP contribution in [0.1, 0.15) is 88.8 Å². The number of hydrogen-bond acceptors (Lipinski definition) is 15. The smallest absolute Gasteiger partial charge is 0.328 e. The third kappa shape index (κ3) is 22.2. The van der Waals surface area contributed by atoms with Crippen molar-refractivity contribution < 1.29 is 72.2 Å². The van der Waals surface area contributed by atoms with Crippen molar-refractivity contribution in [1.29, 1.82) is 5.41 Å². The summed E-state index contributed by atoms with van der Waals surface area (Å²) in [5.41, 5.74) is 7.53. The Morgan fingerprint density at radius 1 is 0.627 bits per heavy atom. The Bertz CT molecular complexity index is 3980. The molecule has 3 aliphatic heterocycles. The lowest BCUT2D eigenvalue weighted by Crippen LogP contribution is -2.62. The van der Waals surface area contributed by atoms with Gasteiger partial charge in [-0.25, -0.2) is 4.79 Å². The molecule has 544 valence electrons. The van der Waals surface area contributed by atoms with Crippen molar-refractivity contribution in [2.24, 2.45) is 11.7 Å². The van der Waals surface area contributed by atoms with E-state index in [1.54, 1.807) is 80.7 Å². The van der Waals surface area contributed by atoms with Gasteiger partial charge in [-0.2, -0.15) is 0 Å². The van der Waals surface area contributed by atoms with E-state index in [9.17, 15) is 48.3 Å². The highest BCUT2D eigenvalue weighted by molar-refractivity contribution is 6.30. The number of carbonyl (C=O) groups excluding carboxylic acids is 13. The zero-order valence-corrected chi connectivity index (χ0v) is 57.2. The number of nitrogens with zero attached hydrogens (tertiary/aromatic N) is 1. The maximum atomic E-state index is 15.4. The van der Waals surface area contributed by atoms with Gasteiger partial charge in [-0.05, 0) is 90.1 Å². The number of hydrogen-bond donors (Lipinski definition) is 17. The summed E-state index contributed by atoms with van der Waals surface area (Å²) >= 11 is 6.22. The first-order valence-electron chi connectivity index (χ1n) is 33.6. The highest BCUT2D eigenvalue weighted by Crippen LogP contribution is 2.24. The number of carbonyl (C=O) groups is 14. The Morgan fingerprint density at radius 3 is 1.93 bits per heavy atom. The fourth-order valence-corrected chi connectivity index (χ4v) is 12.3. The molecule has 32 nitrogen and oxygen atoms in total. The van der Waals surface area contributed by atoms with Gasteiger partial charge < -0.3 is 89.8 Å². The van der Waals surface area contributed by atoms with Gasteiger partial charge in [-0.1, -0.05) is 98.2 Å². The Balaban J connectivity index is 1.24. The normalized spacial score (nSPS) is 24.0. The van der Waals surface area contributed by atoms with Crippen molar-refractivity contribution in [2.45, 2.75) is 152 Å². The zero-order valence-electron chi connectivity index (χ0n) is 56.5. The predicted octanol–water partition coefficient (Wildman–Crippen LogP) is -1.68. The summed E-state index contributed by atoms with van der Waals surface area (Å²) in [4.78, 5) is 206. The number of para-hydroxylation sites is 1. The van der Waals surface area contributed by atoms with Crippen LogP contribution in [0.3, 0.4) is 0 Å². The van der Waals surface area contributed by atoms with Crippen molar-refractivity contribution in [1.82, 2.24) is 79.0 Å². The molecule has 1 aromatic heterocycles. The third-order valence-corrected chi connectivity index (χ3v) is 17.7. The van der Waals surface area contributed by atoms with Crippen molar-refractivity contribution in [2.75, 3.05) is 32.7 Å². The molecule has 0 unspecified atom stereocenters. The van der Waals surface area contributed by atoms with E-state index in [0.29, 0.717) is 32.6 Å². The molecule has 3 saturated heterocycles. The summed E-state index contributed by atoms with van der Waals surface area (Å²) in [6.45, 7) is 2.23. The molecular formula is C69H86ClN17O15. The number of amides is 13. The summed E-state index contributed by atoms with van der Waals surface area (Å²) < 4.78 is 0. The molecule has 0 aliphatic carbocycles. The molecule has 3 aliphatic rings. The number of carboxylic acid groups (broad SMARTS) is 1. The Labute approximate surface area is 591 Å². The van der Waals surface area contributed by atoms with Gasteiger partial charge in [0.15, 0.2) is 5.96 Å². The first-order valence-corrected chi connectivity index (χ1v) is 33.9. The first-order chi connectivity index (χ1) is 48.7. The van der Waals surface area contributed by atoms with Crippen LogP contribution in [0.25, 0.3) is 21.7 Å². The average Bonchev–Trinajstić information content (AvgIpc) is 1.58. The molecule has 8 rings (SSSR count). The summed E-state index contributed by atoms with van der Waals surface area (Å²) in [5, 5.41) is 54.0. The van der Waals surface area contributed by atoms with Gasteiger partial charge in [-0.15, -0.1) is 0 Å². The number of nitrogens with two attached hydrogens (primary N) is 1. The second kappa shape index (κ2) is 36.2. The van der Waals surface area contributed by atoms with E-state index in [2.05, 4.69) is 74.1 Å². The van der Waals surface area contributed by atoms with E-state index >= 15 is 24.0 Å². The molecule has 0 spiro atoms. The van der Waals surface area contributed by atoms with Gasteiger partial charge in [0, 0.05) is 80.9 Å². The second-order valence-electron chi connectivity index (χ2n) is 25.8. The van der Waals surface area contributed by atoms with Gasteiger partial charge in [0.25, 0.3) is 0 Å². The summed E-state index contributed by atoms with van der Waals surface area (Å²) in [5.74, 6) is -15.0. The molecule has 18 N–H and O–H groups in total. The maximum absolute atomic E-state index is 15.4. The van der Waals surface area contributed by atoms with E-state index in [-0.39, 0.29) is 82.8 Å². The molecular weight excluding hydrogens is 1340 g/mol. The lowest BCUT2D eigenvalue weighted by Gasteiger charge is -2.31. The summed E-state index contributed by atoms with van der Waals surface area (Å²) in [6.07, 6.45) is -0.965.